The predicted octanol–water partition coefficient (Wildman–Crippen LogP) is 4.31. The van der Waals surface area contributed by atoms with Crippen molar-refractivity contribution in [1.29, 1.82) is 0 Å². The number of aryl methyl sites for hydroxylation is 2. The zero-order chi connectivity index (χ0) is 17.1. The Hall–Kier alpha value is -2.75. The highest BCUT2D eigenvalue weighted by atomic mass is 16.5. The van der Waals surface area contributed by atoms with Crippen LogP contribution in [0, 0.1) is 13.8 Å². The maximum atomic E-state index is 12.1. The maximum Gasteiger partial charge on any atom is 0.258 e. The van der Waals surface area contributed by atoms with Crippen LogP contribution in [0.1, 0.15) is 29.9 Å². The van der Waals surface area contributed by atoms with E-state index in [2.05, 4.69) is 5.32 Å². The molecule has 1 N–H and O–H groups in total. The van der Waals surface area contributed by atoms with Crippen molar-refractivity contribution in [2.45, 2.75) is 26.8 Å². The number of benzene rings is 2. The number of carbonyl (C=O) groups is 1. The molecule has 0 aliphatic rings. The Kier molecular flexibility index (Phi) is 4.56. The van der Waals surface area contributed by atoms with Gasteiger partial charge in [0.1, 0.15) is 17.1 Å². The van der Waals surface area contributed by atoms with Crippen LogP contribution in [0.4, 0.5) is 0 Å². The molecule has 0 radical (unpaired) electrons. The summed E-state index contributed by atoms with van der Waals surface area (Å²) in [5.74, 6) is 1.28. The average Bonchev–Trinajstić information content (AvgIpc) is 2.98. The number of rotatable bonds is 5. The third kappa shape index (κ3) is 3.59. The molecule has 0 saturated carbocycles. The molecule has 2 aromatic carbocycles. The fourth-order valence-electron chi connectivity index (χ4n) is 2.67. The lowest BCUT2D eigenvalue weighted by Gasteiger charge is -2.13. The van der Waals surface area contributed by atoms with Crippen LogP contribution in [-0.2, 0) is 4.79 Å². The zero-order valence-electron chi connectivity index (χ0n) is 14.1. The van der Waals surface area contributed by atoms with Crippen LogP contribution in [0.5, 0.6) is 5.75 Å². The fourth-order valence-corrected chi connectivity index (χ4v) is 2.67. The molecule has 1 amide bonds. The van der Waals surface area contributed by atoms with Gasteiger partial charge in [0.2, 0.25) is 0 Å². The molecular formula is C20H21NO3. The second kappa shape index (κ2) is 6.79. The number of para-hydroxylation sites is 1. The van der Waals surface area contributed by atoms with Crippen LogP contribution < -0.4 is 10.1 Å². The van der Waals surface area contributed by atoms with Crippen molar-refractivity contribution >= 4 is 16.9 Å². The number of fused-ring (bicyclic) bond motifs is 1. The Bertz CT molecular complexity index is 833. The van der Waals surface area contributed by atoms with Gasteiger partial charge in [-0.2, -0.15) is 0 Å². The summed E-state index contributed by atoms with van der Waals surface area (Å²) in [6, 6.07) is 15.4. The van der Waals surface area contributed by atoms with Crippen molar-refractivity contribution in [3.63, 3.8) is 0 Å². The highest BCUT2D eigenvalue weighted by molar-refractivity contribution is 5.79. The molecule has 124 valence electrons. The van der Waals surface area contributed by atoms with Gasteiger partial charge in [-0.3, -0.25) is 4.79 Å². The molecule has 3 rings (SSSR count). The number of ether oxygens (including phenoxy) is 1. The van der Waals surface area contributed by atoms with Gasteiger partial charge in [-0.05, 0) is 44.5 Å². The smallest absolute Gasteiger partial charge is 0.258 e. The Labute approximate surface area is 141 Å². The number of hydrogen-bond acceptors (Lipinski definition) is 3. The van der Waals surface area contributed by atoms with Gasteiger partial charge < -0.3 is 14.5 Å². The first-order valence-electron chi connectivity index (χ1n) is 8.01. The molecule has 0 saturated heterocycles. The van der Waals surface area contributed by atoms with E-state index in [0.29, 0.717) is 0 Å². The van der Waals surface area contributed by atoms with Gasteiger partial charge in [0.15, 0.2) is 6.61 Å². The van der Waals surface area contributed by atoms with Crippen molar-refractivity contribution in [3.05, 3.63) is 65.4 Å². The molecule has 0 spiro atoms. The van der Waals surface area contributed by atoms with Crippen LogP contribution in [0.15, 0.2) is 52.9 Å². The number of nitrogens with one attached hydrogen (secondary N) is 1. The van der Waals surface area contributed by atoms with E-state index in [4.69, 9.17) is 9.15 Å². The average molecular weight is 323 g/mol. The number of carbonyl (C=O) groups excluding carboxylic acids is 1. The highest BCUT2D eigenvalue weighted by Crippen LogP contribution is 2.23. The first-order valence-corrected chi connectivity index (χ1v) is 8.01. The molecule has 1 aromatic heterocycles. The van der Waals surface area contributed by atoms with E-state index in [1.165, 1.54) is 5.56 Å². The SMILES string of the molecule is Cc1ccc(OCC(=O)N[C@@H](C)c2cc3ccccc3o2)c(C)c1. The van der Waals surface area contributed by atoms with Gasteiger partial charge in [0.25, 0.3) is 5.91 Å². The Morgan fingerprint density at radius 1 is 1.17 bits per heavy atom. The Morgan fingerprint density at radius 2 is 1.96 bits per heavy atom. The van der Waals surface area contributed by atoms with Crippen molar-refractivity contribution in [3.8, 4) is 5.75 Å². The third-order valence-electron chi connectivity index (χ3n) is 3.94. The van der Waals surface area contributed by atoms with Crippen molar-refractivity contribution in [2.24, 2.45) is 0 Å². The van der Waals surface area contributed by atoms with E-state index in [1.807, 2.05) is 69.3 Å². The first kappa shape index (κ1) is 16.1. The van der Waals surface area contributed by atoms with Gasteiger partial charge in [0, 0.05) is 5.39 Å². The maximum absolute atomic E-state index is 12.1. The summed E-state index contributed by atoms with van der Waals surface area (Å²) in [4.78, 5) is 12.1. The summed E-state index contributed by atoms with van der Waals surface area (Å²) in [6.45, 7) is 5.87. The lowest BCUT2D eigenvalue weighted by Crippen LogP contribution is -2.31. The standard InChI is InChI=1S/C20H21NO3/c1-13-8-9-17(14(2)10-13)23-12-20(22)21-15(3)19-11-16-6-4-5-7-18(16)24-19/h4-11,15H,12H2,1-3H3,(H,21,22)/t15-/m0/s1. The minimum Gasteiger partial charge on any atom is -0.484 e. The van der Waals surface area contributed by atoms with Crippen LogP contribution in [-0.4, -0.2) is 12.5 Å². The number of hydrogen-bond donors (Lipinski definition) is 1. The Morgan fingerprint density at radius 3 is 2.71 bits per heavy atom. The van der Waals surface area contributed by atoms with E-state index in [9.17, 15) is 4.79 Å². The topological polar surface area (TPSA) is 51.5 Å². The van der Waals surface area contributed by atoms with Gasteiger partial charge in [0.05, 0.1) is 6.04 Å². The van der Waals surface area contributed by atoms with E-state index in [1.54, 1.807) is 0 Å². The summed E-state index contributed by atoms with van der Waals surface area (Å²) < 4.78 is 11.4. The summed E-state index contributed by atoms with van der Waals surface area (Å²) in [5.41, 5.74) is 3.01. The van der Waals surface area contributed by atoms with Crippen LogP contribution in [0.25, 0.3) is 11.0 Å². The number of furan rings is 1. The zero-order valence-corrected chi connectivity index (χ0v) is 14.1. The van der Waals surface area contributed by atoms with Gasteiger partial charge >= 0.3 is 0 Å². The monoisotopic (exact) mass is 323 g/mol. The van der Waals surface area contributed by atoms with E-state index < -0.39 is 0 Å². The second-order valence-electron chi connectivity index (χ2n) is 6.03. The molecule has 0 aliphatic carbocycles. The lowest BCUT2D eigenvalue weighted by atomic mass is 10.1. The molecule has 0 bridgehead atoms. The molecule has 4 nitrogen and oxygen atoms in total. The van der Waals surface area contributed by atoms with Crippen molar-refractivity contribution in [1.82, 2.24) is 5.32 Å². The quantitative estimate of drug-likeness (QED) is 0.761. The van der Waals surface area contributed by atoms with Gasteiger partial charge in [-0.1, -0.05) is 35.9 Å². The molecule has 4 heteroatoms. The Balaban J connectivity index is 1.59. The second-order valence-corrected chi connectivity index (χ2v) is 6.03. The lowest BCUT2D eigenvalue weighted by molar-refractivity contribution is -0.123. The largest absolute Gasteiger partial charge is 0.484 e. The summed E-state index contributed by atoms with van der Waals surface area (Å²) >= 11 is 0. The summed E-state index contributed by atoms with van der Waals surface area (Å²) in [7, 11) is 0. The van der Waals surface area contributed by atoms with Crippen molar-refractivity contribution in [2.75, 3.05) is 6.61 Å². The minimum atomic E-state index is -0.215. The van der Waals surface area contributed by atoms with Crippen LogP contribution >= 0.6 is 0 Å². The summed E-state index contributed by atoms with van der Waals surface area (Å²) in [6.07, 6.45) is 0. The third-order valence-corrected chi connectivity index (χ3v) is 3.94. The van der Waals surface area contributed by atoms with Crippen LogP contribution in [0.3, 0.4) is 0 Å². The molecule has 0 unspecified atom stereocenters. The first-order chi connectivity index (χ1) is 11.5. The van der Waals surface area contributed by atoms with Gasteiger partial charge in [-0.25, -0.2) is 0 Å². The van der Waals surface area contributed by atoms with E-state index in [-0.39, 0.29) is 18.6 Å². The van der Waals surface area contributed by atoms with E-state index in [0.717, 1.165) is 28.0 Å². The molecular weight excluding hydrogens is 302 g/mol. The molecule has 1 heterocycles. The van der Waals surface area contributed by atoms with Crippen LogP contribution in [0.2, 0.25) is 0 Å². The predicted molar refractivity (Wildman–Crippen MR) is 94.2 cm³/mol. The number of amides is 1. The van der Waals surface area contributed by atoms with Crippen molar-refractivity contribution < 1.29 is 13.9 Å². The molecule has 1 atom stereocenters. The molecule has 0 fully saturated rings. The molecule has 24 heavy (non-hydrogen) atoms. The van der Waals surface area contributed by atoms with E-state index >= 15 is 0 Å². The normalized spacial score (nSPS) is 12.1. The summed E-state index contributed by atoms with van der Waals surface area (Å²) in [5, 5.41) is 3.93. The highest BCUT2D eigenvalue weighted by Gasteiger charge is 2.14. The minimum absolute atomic E-state index is 0.0194. The fraction of sp³-hybridized carbons (Fsp3) is 0.250. The molecule has 3 aromatic rings. The van der Waals surface area contributed by atoms with Gasteiger partial charge in [-0.15, -0.1) is 0 Å². The molecule has 0 aliphatic heterocycles.